The normalized spacial score (nSPS) is 19.1. The average molecular weight is 418 g/mol. The van der Waals surface area contributed by atoms with Gasteiger partial charge in [0, 0.05) is 5.92 Å². The van der Waals surface area contributed by atoms with Crippen LogP contribution in [0.5, 0.6) is 0 Å². The first kappa shape index (κ1) is 23.7. The first-order valence-electron chi connectivity index (χ1n) is 9.77. The molecule has 0 spiro atoms. The molecule has 1 fully saturated rings. The third-order valence-electron chi connectivity index (χ3n) is 4.30. The van der Waals surface area contributed by atoms with Crippen LogP contribution in [-0.4, -0.2) is 57.4 Å². The summed E-state index contributed by atoms with van der Waals surface area (Å²) in [7, 11) is 0. The monoisotopic (exact) mass is 418 g/mol. The molecule has 0 bridgehead atoms. The number of hydroxylamine groups is 2. The van der Waals surface area contributed by atoms with E-state index in [1.165, 1.54) is 4.90 Å². The van der Waals surface area contributed by atoms with Gasteiger partial charge in [0.05, 0.1) is 12.6 Å². The van der Waals surface area contributed by atoms with Gasteiger partial charge in [-0.2, -0.15) is 5.06 Å². The van der Waals surface area contributed by atoms with Gasteiger partial charge in [0.1, 0.15) is 17.9 Å². The van der Waals surface area contributed by atoms with Gasteiger partial charge in [0.15, 0.2) is 0 Å². The molecule has 8 heteroatoms. The van der Waals surface area contributed by atoms with E-state index in [1.54, 1.807) is 41.5 Å². The number of hydrogen-bond donors (Lipinski definition) is 1. The summed E-state index contributed by atoms with van der Waals surface area (Å²) < 4.78 is 16.3. The van der Waals surface area contributed by atoms with Gasteiger partial charge >= 0.3 is 12.1 Å². The molecule has 0 radical (unpaired) electrons. The summed E-state index contributed by atoms with van der Waals surface area (Å²) in [6.07, 6.45) is -1.60. The zero-order chi connectivity index (χ0) is 22.5. The Morgan fingerprint density at radius 3 is 2.57 bits per heavy atom. The number of carbonyl (C=O) groups is 2. The van der Waals surface area contributed by atoms with Gasteiger partial charge in [-0.15, -0.1) is 0 Å². The fourth-order valence-electron chi connectivity index (χ4n) is 2.80. The molecule has 1 aromatic carbocycles. The molecule has 0 aliphatic carbocycles. The van der Waals surface area contributed by atoms with Crippen LogP contribution >= 0.6 is 0 Å². The molecule has 1 saturated heterocycles. The van der Waals surface area contributed by atoms with Gasteiger partial charge in [-0.1, -0.05) is 36.3 Å². The third-order valence-corrected chi connectivity index (χ3v) is 4.30. The average Bonchev–Trinajstić information content (AvgIpc) is 2.93. The highest BCUT2D eigenvalue weighted by Gasteiger charge is 2.47. The molecule has 0 aromatic heterocycles. The zero-order valence-electron chi connectivity index (χ0n) is 18.3. The summed E-state index contributed by atoms with van der Waals surface area (Å²) in [5.41, 5.74) is -0.788. The van der Waals surface area contributed by atoms with E-state index in [-0.39, 0.29) is 13.2 Å². The SMILES string of the molecule is CC(C#CC(=O)O[C@@H]1COC(C)(C)N1C(=O)OC(C)(C)C)N(O)Cc1ccccc1. The summed E-state index contributed by atoms with van der Waals surface area (Å²) in [6.45, 7) is 10.6. The topological polar surface area (TPSA) is 88.5 Å². The minimum absolute atomic E-state index is 0.00927. The van der Waals surface area contributed by atoms with Crippen LogP contribution in [0.25, 0.3) is 0 Å². The Hall–Kier alpha value is -2.60. The van der Waals surface area contributed by atoms with Crippen molar-refractivity contribution < 1.29 is 29.0 Å². The summed E-state index contributed by atoms with van der Waals surface area (Å²) in [6, 6.07) is 8.79. The van der Waals surface area contributed by atoms with Gasteiger partial charge < -0.3 is 19.4 Å². The Balaban J connectivity index is 1.98. The maximum atomic E-state index is 12.6. The van der Waals surface area contributed by atoms with Crippen LogP contribution in [0.2, 0.25) is 0 Å². The summed E-state index contributed by atoms with van der Waals surface area (Å²) in [4.78, 5) is 26.0. The van der Waals surface area contributed by atoms with Crippen molar-refractivity contribution in [2.75, 3.05) is 6.61 Å². The molecule has 1 aliphatic rings. The van der Waals surface area contributed by atoms with E-state index in [9.17, 15) is 14.8 Å². The van der Waals surface area contributed by atoms with Crippen LogP contribution < -0.4 is 0 Å². The van der Waals surface area contributed by atoms with Crippen LogP contribution in [0.15, 0.2) is 30.3 Å². The molecule has 1 aromatic rings. The van der Waals surface area contributed by atoms with Crippen molar-refractivity contribution in [2.24, 2.45) is 0 Å². The number of nitrogens with zero attached hydrogens (tertiary/aromatic N) is 2. The molecule has 0 saturated carbocycles. The molecular formula is C22H30N2O6. The van der Waals surface area contributed by atoms with Gasteiger partial charge in [0.2, 0.25) is 6.23 Å². The number of ether oxygens (including phenoxy) is 3. The van der Waals surface area contributed by atoms with E-state index >= 15 is 0 Å². The number of amides is 1. The first-order chi connectivity index (χ1) is 13.9. The Labute approximate surface area is 177 Å². The van der Waals surface area contributed by atoms with Crippen molar-refractivity contribution in [1.29, 1.82) is 0 Å². The number of hydrogen-bond acceptors (Lipinski definition) is 7. The van der Waals surface area contributed by atoms with E-state index in [0.29, 0.717) is 0 Å². The van der Waals surface area contributed by atoms with Crippen molar-refractivity contribution in [3.05, 3.63) is 35.9 Å². The zero-order valence-corrected chi connectivity index (χ0v) is 18.3. The fourth-order valence-corrected chi connectivity index (χ4v) is 2.80. The Kier molecular flexibility index (Phi) is 7.48. The van der Waals surface area contributed by atoms with E-state index in [4.69, 9.17) is 14.2 Å². The molecule has 1 amide bonds. The Morgan fingerprint density at radius 1 is 1.33 bits per heavy atom. The lowest BCUT2D eigenvalue weighted by Gasteiger charge is -2.34. The molecule has 1 heterocycles. The van der Waals surface area contributed by atoms with Crippen molar-refractivity contribution in [2.45, 2.75) is 71.7 Å². The predicted octanol–water partition coefficient (Wildman–Crippen LogP) is 3.14. The minimum Gasteiger partial charge on any atom is -0.444 e. The lowest BCUT2D eigenvalue weighted by Crippen LogP contribution is -2.51. The molecule has 30 heavy (non-hydrogen) atoms. The molecule has 2 atom stereocenters. The fraction of sp³-hybridized carbons (Fsp3) is 0.545. The van der Waals surface area contributed by atoms with E-state index in [1.807, 2.05) is 30.3 Å². The standard InChI is InChI=1S/C22H30N2O6/c1-16(23(27)14-17-10-8-7-9-11-17)12-13-19(25)29-18-15-28-22(5,6)24(18)20(26)30-21(2,3)4/h7-11,16,18,27H,14-15H2,1-6H3/t16?,18-/m1/s1. The van der Waals surface area contributed by atoms with Crippen molar-refractivity contribution in [1.82, 2.24) is 9.96 Å². The second-order valence-corrected chi connectivity index (χ2v) is 8.50. The Morgan fingerprint density at radius 2 is 1.97 bits per heavy atom. The van der Waals surface area contributed by atoms with Gasteiger partial charge in [-0.05, 0) is 47.1 Å². The number of rotatable bonds is 4. The summed E-state index contributed by atoms with van der Waals surface area (Å²) >= 11 is 0. The van der Waals surface area contributed by atoms with Crippen molar-refractivity contribution in [3.8, 4) is 11.8 Å². The highest BCUT2D eigenvalue weighted by atomic mass is 16.6. The van der Waals surface area contributed by atoms with Gasteiger partial charge in [0.25, 0.3) is 0 Å². The molecule has 2 rings (SSSR count). The highest BCUT2D eigenvalue weighted by Crippen LogP contribution is 2.30. The number of benzene rings is 1. The predicted molar refractivity (Wildman–Crippen MR) is 109 cm³/mol. The molecular weight excluding hydrogens is 388 g/mol. The molecule has 8 nitrogen and oxygen atoms in total. The lowest BCUT2D eigenvalue weighted by molar-refractivity contribution is -0.150. The van der Waals surface area contributed by atoms with Crippen molar-refractivity contribution in [3.63, 3.8) is 0 Å². The van der Waals surface area contributed by atoms with Gasteiger partial charge in [-0.25, -0.2) is 14.5 Å². The van der Waals surface area contributed by atoms with E-state index in [2.05, 4.69) is 11.8 Å². The lowest BCUT2D eigenvalue weighted by atomic mass is 10.2. The molecule has 1 aliphatic heterocycles. The third kappa shape index (κ3) is 6.73. The molecule has 1 N–H and O–H groups in total. The van der Waals surface area contributed by atoms with E-state index < -0.39 is 35.7 Å². The number of carbonyl (C=O) groups excluding carboxylic acids is 2. The van der Waals surface area contributed by atoms with Crippen LogP contribution in [0.1, 0.15) is 47.1 Å². The first-order valence-corrected chi connectivity index (χ1v) is 9.77. The Bertz CT molecular complexity index is 806. The maximum absolute atomic E-state index is 12.6. The van der Waals surface area contributed by atoms with Crippen LogP contribution in [0, 0.1) is 11.8 Å². The highest BCUT2D eigenvalue weighted by molar-refractivity contribution is 5.88. The van der Waals surface area contributed by atoms with Crippen LogP contribution in [0.4, 0.5) is 4.79 Å². The molecule has 1 unspecified atom stereocenters. The summed E-state index contributed by atoms with van der Waals surface area (Å²) in [5.74, 6) is 4.19. The smallest absolute Gasteiger partial charge is 0.415 e. The van der Waals surface area contributed by atoms with Crippen LogP contribution in [0.3, 0.4) is 0 Å². The minimum atomic E-state index is -0.994. The largest absolute Gasteiger partial charge is 0.444 e. The number of esters is 1. The van der Waals surface area contributed by atoms with Gasteiger partial charge in [-0.3, -0.25) is 0 Å². The maximum Gasteiger partial charge on any atom is 0.415 e. The molecule has 164 valence electrons. The van der Waals surface area contributed by atoms with E-state index in [0.717, 1.165) is 10.6 Å². The second-order valence-electron chi connectivity index (χ2n) is 8.50. The van der Waals surface area contributed by atoms with Crippen molar-refractivity contribution >= 4 is 12.1 Å². The summed E-state index contributed by atoms with van der Waals surface area (Å²) in [5, 5.41) is 11.2. The van der Waals surface area contributed by atoms with Crippen LogP contribution in [-0.2, 0) is 25.5 Å². The second kappa shape index (κ2) is 9.47. The quantitative estimate of drug-likeness (QED) is 0.348.